The minimum Gasteiger partial charge on any atom is -0.493 e. The second-order valence-corrected chi connectivity index (χ2v) is 8.20. The van der Waals surface area contributed by atoms with Gasteiger partial charge in [-0.15, -0.1) is 6.58 Å². The van der Waals surface area contributed by atoms with Crippen molar-refractivity contribution in [1.82, 2.24) is 5.43 Å². The minimum absolute atomic E-state index is 0.280. The summed E-state index contributed by atoms with van der Waals surface area (Å²) in [6.07, 6.45) is 3.85. The molecule has 1 amide bonds. The van der Waals surface area contributed by atoms with Crippen LogP contribution < -0.4 is 14.9 Å². The predicted molar refractivity (Wildman–Crippen MR) is 134 cm³/mol. The SMILES string of the molecule is C=CCc1cc(/C=N\NC(=O)c2ccc(Cl)cc2)cc(OC)c1OCc1ccc(Cl)c(Cl)c1. The summed E-state index contributed by atoms with van der Waals surface area (Å²) in [7, 11) is 1.56. The highest BCUT2D eigenvalue weighted by Gasteiger charge is 2.13. The van der Waals surface area contributed by atoms with Gasteiger partial charge in [-0.25, -0.2) is 5.43 Å². The molecule has 33 heavy (non-hydrogen) atoms. The first-order valence-corrected chi connectivity index (χ1v) is 11.0. The molecule has 1 N–H and O–H groups in total. The molecule has 0 aliphatic rings. The van der Waals surface area contributed by atoms with Gasteiger partial charge in [0.15, 0.2) is 11.5 Å². The van der Waals surface area contributed by atoms with E-state index in [-0.39, 0.29) is 12.5 Å². The standard InChI is InChI=1S/C25H21Cl3N2O3/c1-3-4-19-11-17(14-29-30-25(31)18-6-8-20(26)9-7-18)13-23(32-2)24(19)33-15-16-5-10-21(27)22(28)12-16/h3,5-14H,1,4,15H2,2H3,(H,30,31)/b29-14-. The molecule has 0 saturated carbocycles. The quantitative estimate of drug-likeness (QED) is 0.200. The van der Waals surface area contributed by atoms with Crippen LogP contribution in [0.3, 0.4) is 0 Å². The van der Waals surface area contributed by atoms with Crippen molar-refractivity contribution in [1.29, 1.82) is 0 Å². The number of hydrogen-bond acceptors (Lipinski definition) is 4. The molecule has 3 aromatic carbocycles. The van der Waals surface area contributed by atoms with Crippen LogP contribution in [-0.2, 0) is 13.0 Å². The highest BCUT2D eigenvalue weighted by atomic mass is 35.5. The first kappa shape index (κ1) is 24.6. The number of amides is 1. The van der Waals surface area contributed by atoms with Gasteiger partial charge in [0.25, 0.3) is 5.91 Å². The van der Waals surface area contributed by atoms with Crippen molar-refractivity contribution in [3.63, 3.8) is 0 Å². The Balaban J connectivity index is 1.77. The van der Waals surface area contributed by atoms with Crippen molar-refractivity contribution in [2.24, 2.45) is 5.10 Å². The third-order valence-corrected chi connectivity index (χ3v) is 5.58. The first-order valence-electron chi connectivity index (χ1n) is 9.88. The van der Waals surface area contributed by atoms with Crippen LogP contribution in [0.4, 0.5) is 0 Å². The average molecular weight is 504 g/mol. The number of rotatable bonds is 9. The Labute approximate surface area is 207 Å². The summed E-state index contributed by atoms with van der Waals surface area (Å²) in [5.41, 5.74) is 5.40. The lowest BCUT2D eigenvalue weighted by molar-refractivity contribution is 0.0955. The van der Waals surface area contributed by atoms with E-state index in [0.717, 1.165) is 16.7 Å². The fourth-order valence-electron chi connectivity index (χ4n) is 3.00. The van der Waals surface area contributed by atoms with Crippen LogP contribution in [0, 0.1) is 0 Å². The molecule has 0 fully saturated rings. The fraction of sp³-hybridized carbons (Fsp3) is 0.120. The van der Waals surface area contributed by atoms with E-state index < -0.39 is 0 Å². The number of ether oxygens (including phenoxy) is 2. The van der Waals surface area contributed by atoms with Gasteiger partial charge >= 0.3 is 0 Å². The molecule has 3 rings (SSSR count). The van der Waals surface area contributed by atoms with Gasteiger partial charge in [0, 0.05) is 16.1 Å². The van der Waals surface area contributed by atoms with Gasteiger partial charge in [0.2, 0.25) is 0 Å². The van der Waals surface area contributed by atoms with Gasteiger partial charge in [0.1, 0.15) is 6.61 Å². The lowest BCUT2D eigenvalue weighted by Crippen LogP contribution is -2.17. The molecule has 0 saturated heterocycles. The second-order valence-electron chi connectivity index (χ2n) is 6.95. The van der Waals surface area contributed by atoms with Crippen molar-refractivity contribution in [2.45, 2.75) is 13.0 Å². The van der Waals surface area contributed by atoms with E-state index in [9.17, 15) is 4.79 Å². The maximum atomic E-state index is 12.2. The maximum Gasteiger partial charge on any atom is 0.271 e. The Bertz CT molecular complexity index is 1180. The van der Waals surface area contributed by atoms with Gasteiger partial charge in [-0.2, -0.15) is 5.10 Å². The average Bonchev–Trinajstić information content (AvgIpc) is 2.80. The molecule has 5 nitrogen and oxygen atoms in total. The van der Waals surface area contributed by atoms with E-state index in [4.69, 9.17) is 44.3 Å². The number of methoxy groups -OCH3 is 1. The minimum atomic E-state index is -0.345. The molecule has 0 radical (unpaired) electrons. The Kier molecular flexibility index (Phi) is 8.78. The number of hydrogen-bond donors (Lipinski definition) is 1. The van der Waals surface area contributed by atoms with Crippen molar-refractivity contribution in [3.8, 4) is 11.5 Å². The number of hydrazone groups is 1. The van der Waals surface area contributed by atoms with Crippen LogP contribution in [0.15, 0.2) is 72.4 Å². The van der Waals surface area contributed by atoms with E-state index in [1.54, 1.807) is 55.7 Å². The molecule has 0 heterocycles. The molecule has 0 bridgehead atoms. The van der Waals surface area contributed by atoms with Crippen molar-refractivity contribution in [3.05, 3.63) is 105 Å². The molecule has 0 aliphatic heterocycles. The van der Waals surface area contributed by atoms with Crippen LogP contribution in [0.1, 0.15) is 27.0 Å². The molecule has 0 unspecified atom stereocenters. The molecular formula is C25H21Cl3N2O3. The van der Waals surface area contributed by atoms with Crippen LogP contribution in [0.25, 0.3) is 0 Å². The number of carbonyl (C=O) groups is 1. The fourth-order valence-corrected chi connectivity index (χ4v) is 3.44. The molecule has 3 aromatic rings. The Hall–Kier alpha value is -2.99. The van der Waals surface area contributed by atoms with E-state index in [1.165, 1.54) is 6.21 Å². The number of halogens is 3. The highest BCUT2D eigenvalue weighted by Crippen LogP contribution is 2.34. The van der Waals surface area contributed by atoms with Crippen molar-refractivity contribution in [2.75, 3.05) is 7.11 Å². The van der Waals surface area contributed by atoms with Gasteiger partial charge < -0.3 is 9.47 Å². The lowest BCUT2D eigenvalue weighted by Gasteiger charge is -2.16. The molecule has 0 spiro atoms. The monoisotopic (exact) mass is 502 g/mol. The van der Waals surface area contributed by atoms with Crippen molar-refractivity contribution < 1.29 is 14.3 Å². The third-order valence-electron chi connectivity index (χ3n) is 4.59. The maximum absolute atomic E-state index is 12.2. The summed E-state index contributed by atoms with van der Waals surface area (Å²) in [6, 6.07) is 15.5. The summed E-state index contributed by atoms with van der Waals surface area (Å²) in [6.45, 7) is 4.10. The van der Waals surface area contributed by atoms with Crippen LogP contribution in [-0.4, -0.2) is 19.2 Å². The first-order chi connectivity index (χ1) is 15.9. The summed E-state index contributed by atoms with van der Waals surface area (Å²) >= 11 is 17.9. The van der Waals surface area contributed by atoms with Crippen LogP contribution in [0.5, 0.6) is 11.5 Å². The topological polar surface area (TPSA) is 59.9 Å². The zero-order chi connectivity index (χ0) is 23.8. The van der Waals surface area contributed by atoms with Gasteiger partial charge in [-0.3, -0.25) is 4.79 Å². The lowest BCUT2D eigenvalue weighted by atomic mass is 10.1. The predicted octanol–water partition coefficient (Wildman–Crippen LogP) is 6.73. The number of nitrogens with one attached hydrogen (secondary N) is 1. The van der Waals surface area contributed by atoms with Gasteiger partial charge in [-0.1, -0.05) is 46.9 Å². The number of benzene rings is 3. The van der Waals surface area contributed by atoms with Gasteiger partial charge in [0.05, 0.1) is 23.4 Å². The third kappa shape index (κ3) is 6.75. The largest absolute Gasteiger partial charge is 0.493 e. The van der Waals surface area contributed by atoms with Crippen LogP contribution in [0.2, 0.25) is 15.1 Å². The second kappa shape index (κ2) is 11.8. The zero-order valence-corrected chi connectivity index (χ0v) is 20.0. The van der Waals surface area contributed by atoms with Gasteiger partial charge in [-0.05, 0) is 66.1 Å². The summed E-state index contributed by atoms with van der Waals surface area (Å²) in [5.74, 6) is 0.772. The highest BCUT2D eigenvalue weighted by molar-refractivity contribution is 6.42. The summed E-state index contributed by atoms with van der Waals surface area (Å²) in [5, 5.41) is 5.55. The Morgan fingerprint density at radius 1 is 1.06 bits per heavy atom. The van der Waals surface area contributed by atoms with Crippen molar-refractivity contribution >= 4 is 46.9 Å². The van der Waals surface area contributed by atoms with E-state index in [2.05, 4.69) is 17.1 Å². The van der Waals surface area contributed by atoms with E-state index >= 15 is 0 Å². The molecule has 8 heteroatoms. The zero-order valence-electron chi connectivity index (χ0n) is 17.8. The summed E-state index contributed by atoms with van der Waals surface area (Å²) in [4.78, 5) is 12.2. The molecule has 0 aromatic heterocycles. The number of carbonyl (C=O) groups excluding carboxylic acids is 1. The van der Waals surface area contributed by atoms with E-state index in [0.29, 0.717) is 38.6 Å². The Morgan fingerprint density at radius 2 is 1.82 bits per heavy atom. The smallest absolute Gasteiger partial charge is 0.271 e. The van der Waals surface area contributed by atoms with Crippen LogP contribution >= 0.6 is 34.8 Å². The number of nitrogens with zero attached hydrogens (tertiary/aromatic N) is 1. The number of allylic oxidation sites excluding steroid dienone is 1. The summed E-state index contributed by atoms with van der Waals surface area (Å²) < 4.78 is 11.6. The normalized spacial score (nSPS) is 10.8. The molecule has 0 atom stereocenters. The Morgan fingerprint density at radius 3 is 2.48 bits per heavy atom. The van der Waals surface area contributed by atoms with E-state index in [1.807, 2.05) is 12.1 Å². The molecular weight excluding hydrogens is 483 g/mol. The molecule has 0 aliphatic carbocycles. The molecule has 170 valence electrons.